The highest BCUT2D eigenvalue weighted by Gasteiger charge is 2.44. The summed E-state index contributed by atoms with van der Waals surface area (Å²) in [6, 6.07) is 13.5. The Kier molecular flexibility index (Phi) is 4.81. The maximum Gasteiger partial charge on any atom is 0.224 e. The first kappa shape index (κ1) is 16.5. The maximum absolute atomic E-state index is 14.1. The van der Waals surface area contributed by atoms with Crippen LogP contribution in [0, 0.1) is 11.7 Å². The van der Waals surface area contributed by atoms with E-state index in [0.29, 0.717) is 5.75 Å². The first-order chi connectivity index (χ1) is 11.6. The van der Waals surface area contributed by atoms with E-state index in [4.69, 9.17) is 4.74 Å². The zero-order valence-corrected chi connectivity index (χ0v) is 13.4. The number of methoxy groups -OCH3 is 1. The molecule has 3 atom stereocenters. The molecule has 0 spiro atoms. The van der Waals surface area contributed by atoms with E-state index in [1.165, 1.54) is 19.2 Å². The van der Waals surface area contributed by atoms with Crippen LogP contribution in [0.5, 0.6) is 5.75 Å². The van der Waals surface area contributed by atoms with E-state index in [1.54, 1.807) is 6.07 Å². The van der Waals surface area contributed by atoms with Gasteiger partial charge in [0.1, 0.15) is 11.6 Å². The van der Waals surface area contributed by atoms with Gasteiger partial charge in [0.2, 0.25) is 5.91 Å². The summed E-state index contributed by atoms with van der Waals surface area (Å²) in [5.74, 6) is -0.193. The topological polar surface area (TPSA) is 58.6 Å². The third-order valence-electron chi connectivity index (χ3n) is 4.44. The van der Waals surface area contributed by atoms with Gasteiger partial charge in [0, 0.05) is 17.5 Å². The number of rotatable bonds is 6. The number of benzene rings is 2. The van der Waals surface area contributed by atoms with Crippen molar-refractivity contribution >= 4 is 5.91 Å². The van der Waals surface area contributed by atoms with Crippen LogP contribution in [-0.2, 0) is 4.79 Å². The van der Waals surface area contributed by atoms with E-state index in [9.17, 15) is 14.3 Å². The summed E-state index contributed by atoms with van der Waals surface area (Å²) < 4.78 is 19.1. The van der Waals surface area contributed by atoms with Crippen LogP contribution in [0.25, 0.3) is 0 Å². The Balaban J connectivity index is 1.67. The second kappa shape index (κ2) is 7.01. The van der Waals surface area contributed by atoms with E-state index in [2.05, 4.69) is 5.32 Å². The first-order valence-electron chi connectivity index (χ1n) is 7.93. The molecule has 2 aromatic rings. The monoisotopic (exact) mass is 329 g/mol. The Hall–Kier alpha value is -2.40. The number of aliphatic hydroxyl groups excluding tert-OH is 1. The smallest absolute Gasteiger partial charge is 0.224 e. The number of carbonyl (C=O) groups excluding carboxylic acids is 1. The van der Waals surface area contributed by atoms with Crippen molar-refractivity contribution in [3.8, 4) is 5.75 Å². The molecule has 1 fully saturated rings. The van der Waals surface area contributed by atoms with Gasteiger partial charge < -0.3 is 15.2 Å². The van der Waals surface area contributed by atoms with Gasteiger partial charge in [-0.2, -0.15) is 0 Å². The van der Waals surface area contributed by atoms with Crippen LogP contribution >= 0.6 is 0 Å². The Morgan fingerprint density at radius 3 is 2.71 bits per heavy atom. The molecular weight excluding hydrogens is 309 g/mol. The number of halogens is 1. The van der Waals surface area contributed by atoms with Crippen LogP contribution in [0.2, 0.25) is 0 Å². The Labute approximate surface area is 140 Å². The van der Waals surface area contributed by atoms with Gasteiger partial charge in [0.25, 0.3) is 0 Å². The standard InChI is InChI=1S/C19H20FNO3/c1-24-13-7-8-14(17(20)9-13)18(11-22)21-19(23)16-10-15(16)12-5-3-2-4-6-12/h2-9,15-16,18,22H,10-11H2,1H3,(H,21,23)/t15-,16+,18+/m1/s1. The van der Waals surface area contributed by atoms with Crippen molar-refractivity contribution in [1.82, 2.24) is 5.32 Å². The number of hydrogen-bond donors (Lipinski definition) is 2. The highest BCUT2D eigenvalue weighted by atomic mass is 19.1. The molecule has 24 heavy (non-hydrogen) atoms. The predicted octanol–water partition coefficient (Wildman–Crippen LogP) is 2.79. The number of nitrogens with one attached hydrogen (secondary N) is 1. The van der Waals surface area contributed by atoms with Gasteiger partial charge in [-0.05, 0) is 24.0 Å². The zero-order chi connectivity index (χ0) is 17.1. The molecule has 0 aliphatic heterocycles. The van der Waals surface area contributed by atoms with E-state index in [0.717, 1.165) is 12.0 Å². The van der Waals surface area contributed by atoms with Gasteiger partial charge in [0.15, 0.2) is 0 Å². The lowest BCUT2D eigenvalue weighted by molar-refractivity contribution is -0.123. The molecule has 1 aliphatic rings. The summed E-state index contributed by atoms with van der Waals surface area (Å²) in [5.41, 5.74) is 1.39. The lowest BCUT2D eigenvalue weighted by Crippen LogP contribution is -2.32. The van der Waals surface area contributed by atoms with Crippen LogP contribution in [0.15, 0.2) is 48.5 Å². The van der Waals surface area contributed by atoms with Crippen LogP contribution in [-0.4, -0.2) is 24.7 Å². The van der Waals surface area contributed by atoms with Crippen LogP contribution in [0.1, 0.15) is 29.5 Å². The fourth-order valence-corrected chi connectivity index (χ4v) is 2.97. The maximum atomic E-state index is 14.1. The van der Waals surface area contributed by atoms with Crippen LogP contribution in [0.3, 0.4) is 0 Å². The summed E-state index contributed by atoms with van der Waals surface area (Å²) in [5, 5.41) is 12.3. The van der Waals surface area contributed by atoms with Crippen molar-refractivity contribution < 1.29 is 19.0 Å². The minimum absolute atomic E-state index is 0.122. The van der Waals surface area contributed by atoms with Crippen molar-refractivity contribution in [2.75, 3.05) is 13.7 Å². The Bertz CT molecular complexity index is 720. The molecule has 0 unspecified atom stereocenters. The summed E-state index contributed by atoms with van der Waals surface area (Å²) in [4.78, 5) is 12.4. The average Bonchev–Trinajstić information content (AvgIpc) is 3.41. The van der Waals surface area contributed by atoms with Gasteiger partial charge in [-0.3, -0.25) is 4.79 Å². The van der Waals surface area contributed by atoms with Gasteiger partial charge in [0.05, 0.1) is 19.8 Å². The molecule has 3 rings (SSSR count). The van der Waals surface area contributed by atoms with Gasteiger partial charge >= 0.3 is 0 Å². The van der Waals surface area contributed by atoms with Crippen LogP contribution < -0.4 is 10.1 Å². The molecule has 0 heterocycles. The largest absolute Gasteiger partial charge is 0.497 e. The third kappa shape index (κ3) is 3.41. The molecule has 4 nitrogen and oxygen atoms in total. The molecule has 1 saturated carbocycles. The van der Waals surface area contributed by atoms with E-state index in [1.807, 2.05) is 30.3 Å². The molecule has 126 valence electrons. The van der Waals surface area contributed by atoms with Crippen molar-refractivity contribution in [3.63, 3.8) is 0 Å². The van der Waals surface area contributed by atoms with Crippen molar-refractivity contribution in [1.29, 1.82) is 0 Å². The molecule has 0 radical (unpaired) electrons. The lowest BCUT2D eigenvalue weighted by atomic mass is 10.1. The fraction of sp³-hybridized carbons (Fsp3) is 0.316. The van der Waals surface area contributed by atoms with Crippen molar-refractivity contribution in [2.45, 2.75) is 18.4 Å². The molecule has 0 bridgehead atoms. The summed E-state index contributed by atoms with van der Waals surface area (Å²) in [7, 11) is 1.45. The normalized spacial score (nSPS) is 20.3. The minimum atomic E-state index is -0.763. The fourth-order valence-electron chi connectivity index (χ4n) is 2.97. The molecule has 2 aromatic carbocycles. The summed E-state index contributed by atoms with van der Waals surface area (Å²) in [6.07, 6.45) is 0.777. The molecule has 1 amide bonds. The summed E-state index contributed by atoms with van der Waals surface area (Å²) in [6.45, 7) is -0.363. The highest BCUT2D eigenvalue weighted by Crippen LogP contribution is 2.47. The molecular formula is C19H20FNO3. The molecule has 2 N–H and O–H groups in total. The minimum Gasteiger partial charge on any atom is -0.497 e. The number of carbonyl (C=O) groups is 1. The number of amides is 1. The predicted molar refractivity (Wildman–Crippen MR) is 88.2 cm³/mol. The van der Waals surface area contributed by atoms with Gasteiger partial charge in [-0.15, -0.1) is 0 Å². The SMILES string of the molecule is COc1ccc([C@H](CO)NC(=O)[C@H]2C[C@@H]2c2ccccc2)c(F)c1. The van der Waals surface area contributed by atoms with E-state index in [-0.39, 0.29) is 29.9 Å². The second-order valence-corrected chi connectivity index (χ2v) is 5.99. The summed E-state index contributed by atoms with van der Waals surface area (Å²) >= 11 is 0. The molecule has 0 aromatic heterocycles. The molecule has 0 saturated heterocycles. The second-order valence-electron chi connectivity index (χ2n) is 5.99. The van der Waals surface area contributed by atoms with Gasteiger partial charge in [-0.25, -0.2) is 4.39 Å². The van der Waals surface area contributed by atoms with Crippen LogP contribution in [0.4, 0.5) is 4.39 Å². The Morgan fingerprint density at radius 2 is 2.08 bits per heavy atom. The van der Waals surface area contributed by atoms with E-state index >= 15 is 0 Å². The van der Waals surface area contributed by atoms with Gasteiger partial charge in [-0.1, -0.05) is 36.4 Å². The lowest BCUT2D eigenvalue weighted by Gasteiger charge is -2.18. The van der Waals surface area contributed by atoms with Crippen molar-refractivity contribution in [3.05, 3.63) is 65.5 Å². The number of hydrogen-bond acceptors (Lipinski definition) is 3. The number of aliphatic hydroxyl groups is 1. The quantitative estimate of drug-likeness (QED) is 0.857. The molecule has 5 heteroatoms. The first-order valence-corrected chi connectivity index (χ1v) is 7.93. The van der Waals surface area contributed by atoms with E-state index < -0.39 is 11.9 Å². The third-order valence-corrected chi connectivity index (χ3v) is 4.44. The average molecular weight is 329 g/mol. The number of ether oxygens (including phenoxy) is 1. The highest BCUT2D eigenvalue weighted by molar-refractivity contribution is 5.83. The molecule has 1 aliphatic carbocycles. The van der Waals surface area contributed by atoms with Crippen molar-refractivity contribution in [2.24, 2.45) is 5.92 Å². The zero-order valence-electron chi connectivity index (χ0n) is 13.4. The Morgan fingerprint density at radius 1 is 1.33 bits per heavy atom.